The second kappa shape index (κ2) is 9.28. The number of para-hydroxylation sites is 1. The predicted molar refractivity (Wildman–Crippen MR) is 125 cm³/mol. The van der Waals surface area contributed by atoms with Gasteiger partial charge in [-0.1, -0.05) is 18.2 Å². The van der Waals surface area contributed by atoms with Gasteiger partial charge in [0.15, 0.2) is 0 Å². The van der Waals surface area contributed by atoms with Gasteiger partial charge in [-0.3, -0.25) is 19.6 Å². The number of amides is 1. The van der Waals surface area contributed by atoms with E-state index in [4.69, 9.17) is 0 Å². The lowest BCUT2D eigenvalue weighted by molar-refractivity contribution is -0.385. The highest BCUT2D eigenvalue weighted by Gasteiger charge is 2.29. The van der Waals surface area contributed by atoms with Crippen LogP contribution in [0.1, 0.15) is 39.2 Å². The summed E-state index contributed by atoms with van der Waals surface area (Å²) in [4.78, 5) is 24.7. The molecule has 2 aromatic carbocycles. The third-order valence-corrected chi connectivity index (χ3v) is 7.83. The Hall–Kier alpha value is -3.31. The molecule has 33 heavy (non-hydrogen) atoms. The van der Waals surface area contributed by atoms with Crippen LogP contribution in [0.15, 0.2) is 48.5 Å². The van der Waals surface area contributed by atoms with Crippen LogP contribution in [-0.2, 0) is 28.6 Å². The molecule has 1 aliphatic carbocycles. The van der Waals surface area contributed by atoms with Crippen LogP contribution in [-0.4, -0.2) is 19.2 Å². The highest BCUT2D eigenvalue weighted by atomic mass is 32.2. The minimum absolute atomic E-state index is 0.0497. The van der Waals surface area contributed by atoms with Gasteiger partial charge in [-0.2, -0.15) is 0 Å². The Balaban J connectivity index is 1.65. The largest absolute Gasteiger partial charge is 0.322 e. The number of nitrogens with zero attached hydrogens (tertiary/aromatic N) is 1. The van der Waals surface area contributed by atoms with Crippen molar-refractivity contribution in [2.75, 3.05) is 10.0 Å². The van der Waals surface area contributed by atoms with E-state index >= 15 is 0 Å². The summed E-state index contributed by atoms with van der Waals surface area (Å²) in [6, 6.07) is 10.9. The highest BCUT2D eigenvalue weighted by molar-refractivity contribution is 7.92. The average molecular weight is 490 g/mol. The fraction of sp³-hybridized carbons (Fsp3) is 0.227. The van der Waals surface area contributed by atoms with Gasteiger partial charge in [0.25, 0.3) is 11.6 Å². The monoisotopic (exact) mass is 489 g/mol. The summed E-state index contributed by atoms with van der Waals surface area (Å²) in [7, 11) is -4.05. The summed E-state index contributed by atoms with van der Waals surface area (Å²) in [5, 5.41) is 14.1. The van der Waals surface area contributed by atoms with E-state index in [9.17, 15) is 27.7 Å². The maximum atomic E-state index is 13.2. The standard InChI is InChI=1S/C22H20FN3O5S2/c23-15-9-11-16(12-10-15)24-21(27)20-17-6-2-4-8-19(17)32-22(20)25-33(30,31)13-14-5-1-3-7-18(14)26(28)29/h1,3,5,7,9-12,25H,2,4,6,8,13H2,(H,24,27). The molecule has 0 bridgehead atoms. The highest BCUT2D eigenvalue weighted by Crippen LogP contribution is 2.39. The first-order valence-corrected chi connectivity index (χ1v) is 12.6. The Morgan fingerprint density at radius 3 is 2.52 bits per heavy atom. The molecule has 1 aliphatic rings. The van der Waals surface area contributed by atoms with Crippen molar-refractivity contribution in [3.63, 3.8) is 0 Å². The quantitative estimate of drug-likeness (QED) is 0.363. The zero-order chi connectivity index (χ0) is 23.6. The number of nitrogens with one attached hydrogen (secondary N) is 2. The zero-order valence-electron chi connectivity index (χ0n) is 17.3. The van der Waals surface area contributed by atoms with Crippen molar-refractivity contribution in [2.45, 2.75) is 31.4 Å². The molecule has 0 fully saturated rings. The van der Waals surface area contributed by atoms with E-state index in [1.807, 2.05) is 0 Å². The van der Waals surface area contributed by atoms with Gasteiger partial charge in [0, 0.05) is 22.2 Å². The van der Waals surface area contributed by atoms with Crippen LogP contribution in [0, 0.1) is 15.9 Å². The summed E-state index contributed by atoms with van der Waals surface area (Å²) >= 11 is 1.21. The van der Waals surface area contributed by atoms with Crippen LogP contribution in [0.2, 0.25) is 0 Å². The Morgan fingerprint density at radius 2 is 1.79 bits per heavy atom. The number of nitro groups is 1. The van der Waals surface area contributed by atoms with Crippen LogP contribution in [0.4, 0.5) is 20.8 Å². The van der Waals surface area contributed by atoms with E-state index in [1.165, 1.54) is 59.9 Å². The first-order chi connectivity index (χ1) is 15.7. The maximum Gasteiger partial charge on any atom is 0.273 e. The molecule has 0 saturated carbocycles. The van der Waals surface area contributed by atoms with Crippen molar-refractivity contribution in [1.29, 1.82) is 0 Å². The zero-order valence-corrected chi connectivity index (χ0v) is 19.0. The second-order valence-electron chi connectivity index (χ2n) is 7.62. The smallest absolute Gasteiger partial charge is 0.273 e. The molecule has 2 N–H and O–H groups in total. The topological polar surface area (TPSA) is 118 Å². The molecule has 0 spiro atoms. The van der Waals surface area contributed by atoms with Crippen molar-refractivity contribution in [1.82, 2.24) is 0 Å². The Bertz CT molecular complexity index is 1320. The molecule has 4 rings (SSSR count). The molecule has 1 aromatic heterocycles. The number of rotatable bonds is 7. The number of carbonyl (C=O) groups excluding carboxylic acids is 1. The summed E-state index contributed by atoms with van der Waals surface area (Å²) in [5.41, 5.74) is 1.18. The Kier molecular flexibility index (Phi) is 6.43. The molecule has 11 heteroatoms. The van der Waals surface area contributed by atoms with Crippen LogP contribution < -0.4 is 10.0 Å². The fourth-order valence-corrected chi connectivity index (χ4v) is 6.59. The van der Waals surface area contributed by atoms with Gasteiger partial charge >= 0.3 is 0 Å². The Morgan fingerprint density at radius 1 is 1.09 bits per heavy atom. The van der Waals surface area contributed by atoms with Gasteiger partial charge in [0.1, 0.15) is 16.6 Å². The predicted octanol–water partition coefficient (Wildman–Crippen LogP) is 4.87. The van der Waals surface area contributed by atoms with E-state index in [2.05, 4.69) is 10.0 Å². The van der Waals surface area contributed by atoms with Crippen molar-refractivity contribution in [3.05, 3.63) is 86.0 Å². The fourth-order valence-electron chi connectivity index (χ4n) is 3.80. The minimum atomic E-state index is -4.05. The molecular weight excluding hydrogens is 469 g/mol. The number of halogens is 1. The molecule has 8 nitrogen and oxygen atoms in total. The number of nitro benzene ring substituents is 1. The molecule has 0 atom stereocenters. The summed E-state index contributed by atoms with van der Waals surface area (Å²) in [6.45, 7) is 0. The van der Waals surface area contributed by atoms with Gasteiger partial charge in [-0.05, 0) is 55.5 Å². The number of hydrogen-bond donors (Lipinski definition) is 2. The van der Waals surface area contributed by atoms with Gasteiger partial charge in [0.2, 0.25) is 10.0 Å². The SMILES string of the molecule is O=C(Nc1ccc(F)cc1)c1c(NS(=O)(=O)Cc2ccccc2[N+](=O)[O-])sc2c1CCCC2. The first-order valence-electron chi connectivity index (χ1n) is 10.2. The number of fused-ring (bicyclic) bond motifs is 1. The lowest BCUT2D eigenvalue weighted by Gasteiger charge is -2.14. The van der Waals surface area contributed by atoms with Gasteiger partial charge in [0.05, 0.1) is 10.5 Å². The van der Waals surface area contributed by atoms with Crippen LogP contribution in [0.3, 0.4) is 0 Å². The van der Waals surface area contributed by atoms with Crippen LogP contribution >= 0.6 is 11.3 Å². The molecule has 0 saturated heterocycles. The third kappa shape index (κ3) is 5.20. The minimum Gasteiger partial charge on any atom is -0.322 e. The first kappa shape index (κ1) is 22.9. The molecule has 3 aromatic rings. The number of thiophene rings is 1. The van der Waals surface area contributed by atoms with Crippen molar-refractivity contribution in [3.8, 4) is 0 Å². The molecule has 1 amide bonds. The normalized spacial score (nSPS) is 13.2. The van der Waals surface area contributed by atoms with E-state index in [0.717, 1.165) is 29.7 Å². The molecule has 0 radical (unpaired) electrons. The molecule has 0 aliphatic heterocycles. The van der Waals surface area contributed by atoms with Crippen LogP contribution in [0.25, 0.3) is 0 Å². The lowest BCUT2D eigenvalue weighted by Crippen LogP contribution is -2.20. The van der Waals surface area contributed by atoms with E-state index < -0.39 is 32.4 Å². The van der Waals surface area contributed by atoms with Gasteiger partial charge in [-0.25, -0.2) is 12.8 Å². The second-order valence-corrected chi connectivity index (χ2v) is 10.5. The number of carbonyl (C=O) groups is 1. The summed E-state index contributed by atoms with van der Waals surface area (Å²) in [6.07, 6.45) is 3.20. The van der Waals surface area contributed by atoms with Gasteiger partial charge < -0.3 is 5.32 Å². The van der Waals surface area contributed by atoms with Crippen LogP contribution in [0.5, 0.6) is 0 Å². The van der Waals surface area contributed by atoms with Crippen molar-refractivity contribution >= 4 is 43.6 Å². The molecule has 0 unspecified atom stereocenters. The van der Waals surface area contributed by atoms with Gasteiger partial charge in [-0.15, -0.1) is 11.3 Å². The van der Waals surface area contributed by atoms with E-state index in [0.29, 0.717) is 12.1 Å². The number of sulfonamides is 1. The van der Waals surface area contributed by atoms with E-state index in [1.54, 1.807) is 0 Å². The summed E-state index contributed by atoms with van der Waals surface area (Å²) < 4.78 is 41.5. The molecule has 172 valence electrons. The number of benzene rings is 2. The Labute approximate surface area is 193 Å². The third-order valence-electron chi connectivity index (χ3n) is 5.28. The maximum absolute atomic E-state index is 13.2. The average Bonchev–Trinajstić information content (AvgIpc) is 3.12. The molecular formula is C22H20FN3O5S2. The summed E-state index contributed by atoms with van der Waals surface area (Å²) in [5.74, 6) is -1.54. The number of hydrogen-bond acceptors (Lipinski definition) is 6. The van der Waals surface area contributed by atoms with Crippen molar-refractivity contribution < 1.29 is 22.5 Å². The number of anilines is 2. The van der Waals surface area contributed by atoms with E-state index in [-0.39, 0.29) is 21.8 Å². The molecule has 1 heterocycles. The van der Waals surface area contributed by atoms with Crippen molar-refractivity contribution in [2.24, 2.45) is 0 Å². The lowest BCUT2D eigenvalue weighted by atomic mass is 9.95. The number of aryl methyl sites for hydroxylation is 1.